The van der Waals surface area contributed by atoms with Gasteiger partial charge in [0, 0.05) is 19.0 Å². The quantitative estimate of drug-likeness (QED) is 0.247. The first-order chi connectivity index (χ1) is 19.4. The molecule has 1 fully saturated rings. The van der Waals surface area contributed by atoms with Gasteiger partial charge in [-0.2, -0.15) is 0 Å². The van der Waals surface area contributed by atoms with Gasteiger partial charge in [-0.3, -0.25) is 4.79 Å². The molecule has 11 nitrogen and oxygen atoms in total. The Morgan fingerprint density at radius 1 is 1.17 bits per heavy atom. The average Bonchev–Trinajstić information content (AvgIpc) is 2.93. The summed E-state index contributed by atoms with van der Waals surface area (Å²) < 4.78 is 17.1. The Kier molecular flexibility index (Phi) is 7.54. The molecule has 3 heterocycles. The zero-order chi connectivity index (χ0) is 29.5. The van der Waals surface area contributed by atoms with E-state index < -0.39 is 35.7 Å². The van der Waals surface area contributed by atoms with Gasteiger partial charge in [0.1, 0.15) is 29.4 Å². The highest BCUT2D eigenvalue weighted by Crippen LogP contribution is 2.38. The molecule has 0 saturated carbocycles. The number of aliphatic hydroxyl groups excluding tert-OH is 1. The number of fused-ring (bicyclic) bond motifs is 3. The largest absolute Gasteiger partial charge is 0.508 e. The Hall–Kier alpha value is -3.92. The van der Waals surface area contributed by atoms with Gasteiger partial charge < -0.3 is 44.7 Å². The Bertz CT molecular complexity index is 1570. The molecule has 3 aromatic rings. The Balaban J connectivity index is 1.50. The topological polar surface area (TPSA) is 179 Å². The lowest BCUT2D eigenvalue weighted by Crippen LogP contribution is -2.76. The summed E-state index contributed by atoms with van der Waals surface area (Å²) in [6.07, 6.45) is -4.29. The van der Waals surface area contributed by atoms with E-state index in [1.54, 1.807) is 12.1 Å². The summed E-state index contributed by atoms with van der Waals surface area (Å²) in [4.78, 5) is 25.3. The van der Waals surface area contributed by atoms with Crippen LogP contribution in [0.3, 0.4) is 0 Å². The third kappa shape index (κ3) is 5.16. The first kappa shape index (κ1) is 28.6. The molecule has 1 aromatic heterocycles. The van der Waals surface area contributed by atoms with E-state index in [0.29, 0.717) is 18.5 Å². The third-order valence-electron chi connectivity index (χ3n) is 7.76. The van der Waals surface area contributed by atoms with E-state index in [1.165, 1.54) is 36.6 Å². The summed E-state index contributed by atoms with van der Waals surface area (Å²) in [5.74, 6) is 3.97. The number of β-amino-alcohol motifs (C(OH)–C–C–N with tert-alkyl or cyclic N) is 1. The number of carboxylic acid groups (broad SMARTS) is 1. The Morgan fingerprint density at radius 2 is 1.90 bits per heavy atom. The Labute approximate surface area is 235 Å². The van der Waals surface area contributed by atoms with Gasteiger partial charge in [0.05, 0.1) is 10.9 Å². The van der Waals surface area contributed by atoms with Crippen molar-refractivity contribution in [1.82, 2.24) is 5.32 Å². The second-order valence-electron chi connectivity index (χ2n) is 10.8. The van der Waals surface area contributed by atoms with Crippen LogP contribution in [0.2, 0.25) is 0 Å². The number of phenolic OH excluding ortho intramolecular Hbond substituents is 1. The zero-order valence-corrected chi connectivity index (χ0v) is 22.4. The molecule has 1 saturated heterocycles. The fraction of sp³-hybridized carbons (Fsp3) is 0.400. The van der Waals surface area contributed by atoms with E-state index >= 15 is 0 Å². The average molecular weight is 566 g/mol. The van der Waals surface area contributed by atoms with Crippen LogP contribution in [0.5, 0.6) is 11.5 Å². The smallest absolute Gasteiger partial charge is 0.337 e. The molecular formula is C30H31NO10. The molecule has 2 aromatic carbocycles. The van der Waals surface area contributed by atoms with Gasteiger partial charge in [-0.25, -0.2) is 4.79 Å². The predicted molar refractivity (Wildman–Crippen MR) is 146 cm³/mol. The second kappa shape index (κ2) is 10.8. The van der Waals surface area contributed by atoms with Crippen LogP contribution >= 0.6 is 0 Å². The number of benzene rings is 2. The lowest BCUT2D eigenvalue weighted by molar-refractivity contribution is -0.328. The van der Waals surface area contributed by atoms with Gasteiger partial charge in [0.2, 0.25) is 12.4 Å². The summed E-state index contributed by atoms with van der Waals surface area (Å²) in [6, 6.07) is 10.3. The van der Waals surface area contributed by atoms with E-state index in [-0.39, 0.29) is 51.8 Å². The van der Waals surface area contributed by atoms with E-state index in [4.69, 9.17) is 13.9 Å². The molecule has 2 aliphatic heterocycles. The summed E-state index contributed by atoms with van der Waals surface area (Å²) in [5, 5.41) is 56.8. The third-order valence-corrected chi connectivity index (χ3v) is 7.76. The van der Waals surface area contributed by atoms with Gasteiger partial charge in [-0.1, -0.05) is 37.8 Å². The molecule has 41 heavy (non-hydrogen) atoms. The number of aliphatic carboxylic acids is 1. The van der Waals surface area contributed by atoms with Crippen molar-refractivity contribution in [2.24, 2.45) is 11.8 Å². The lowest BCUT2D eigenvalue weighted by Gasteiger charge is -2.50. The summed E-state index contributed by atoms with van der Waals surface area (Å²) >= 11 is 0. The number of aliphatic hydroxyl groups is 3. The molecule has 6 N–H and O–H groups in total. The van der Waals surface area contributed by atoms with E-state index in [9.17, 15) is 35.1 Å². The SMILES string of the molecule is CC(C)C1CC#CC2(O)C(C(=O)O)OC(Oc3ccc4c(=O)c(-c5ccc(O)cc5)coc4c3)C(O)(CNC1)C2O. The molecule has 0 aliphatic carbocycles. The molecule has 5 rings (SSSR count). The number of aromatic hydroxyl groups is 1. The maximum Gasteiger partial charge on any atom is 0.337 e. The number of hydrogen-bond donors (Lipinski definition) is 6. The Morgan fingerprint density at radius 3 is 2.59 bits per heavy atom. The van der Waals surface area contributed by atoms with Crippen LogP contribution in [0.4, 0.5) is 0 Å². The molecule has 216 valence electrons. The van der Waals surface area contributed by atoms with Gasteiger partial charge in [0.15, 0.2) is 16.6 Å². The second-order valence-corrected chi connectivity index (χ2v) is 10.8. The molecule has 0 amide bonds. The molecule has 2 bridgehead atoms. The molecule has 6 unspecified atom stereocenters. The van der Waals surface area contributed by atoms with Crippen molar-refractivity contribution in [2.45, 2.75) is 50.0 Å². The predicted octanol–water partition coefficient (Wildman–Crippen LogP) is 1.45. The summed E-state index contributed by atoms with van der Waals surface area (Å²) in [5.41, 5.74) is -4.33. The minimum absolute atomic E-state index is 0.0316. The highest BCUT2D eigenvalue weighted by atomic mass is 16.7. The zero-order valence-electron chi connectivity index (χ0n) is 22.4. The number of ether oxygens (including phenoxy) is 2. The van der Waals surface area contributed by atoms with Crippen LogP contribution in [0.1, 0.15) is 20.3 Å². The van der Waals surface area contributed by atoms with Crippen molar-refractivity contribution in [2.75, 3.05) is 13.1 Å². The fourth-order valence-corrected chi connectivity index (χ4v) is 5.16. The normalized spacial score (nSPS) is 29.9. The molecule has 11 heteroatoms. The highest BCUT2D eigenvalue weighted by Gasteiger charge is 2.65. The number of carbonyl (C=O) groups is 1. The van der Waals surface area contributed by atoms with Crippen LogP contribution in [0.25, 0.3) is 22.1 Å². The fourth-order valence-electron chi connectivity index (χ4n) is 5.16. The minimum Gasteiger partial charge on any atom is -0.508 e. The van der Waals surface area contributed by atoms with Gasteiger partial charge >= 0.3 is 5.97 Å². The molecular weight excluding hydrogens is 534 g/mol. The van der Waals surface area contributed by atoms with Crippen LogP contribution in [0, 0.1) is 23.7 Å². The lowest BCUT2D eigenvalue weighted by atomic mass is 9.76. The van der Waals surface area contributed by atoms with E-state index in [1.807, 2.05) is 13.8 Å². The summed E-state index contributed by atoms with van der Waals surface area (Å²) in [7, 11) is 0. The molecule has 6 atom stereocenters. The summed E-state index contributed by atoms with van der Waals surface area (Å²) in [6.45, 7) is 4.12. The molecule has 0 radical (unpaired) electrons. The number of phenols is 1. The monoisotopic (exact) mass is 565 g/mol. The van der Waals surface area contributed by atoms with Crippen molar-refractivity contribution in [3.05, 3.63) is 59.0 Å². The van der Waals surface area contributed by atoms with Crippen molar-refractivity contribution in [3.8, 4) is 34.5 Å². The van der Waals surface area contributed by atoms with Crippen molar-refractivity contribution < 1.29 is 44.2 Å². The first-order valence-corrected chi connectivity index (χ1v) is 13.2. The van der Waals surface area contributed by atoms with Gasteiger partial charge in [0.25, 0.3) is 0 Å². The van der Waals surface area contributed by atoms with Gasteiger partial charge in [-0.15, -0.1) is 0 Å². The minimum atomic E-state index is -2.62. The number of carboxylic acids is 1. The standard InChI is InChI=1S/C30H31NO10/c1-16(2)18-4-3-11-29(37)25(26(34)35)41-28(30(38,27(29)36)15-31-13-18)40-20-9-10-21-23(12-20)39-14-22(24(21)33)17-5-7-19(32)8-6-17/h5-10,12,14,16,18,25,27-28,31-32,36-38H,4,13,15H2,1-2H3,(H,34,35). The van der Waals surface area contributed by atoms with Crippen molar-refractivity contribution >= 4 is 16.9 Å². The molecule has 2 aliphatic rings. The maximum absolute atomic E-state index is 13.1. The highest BCUT2D eigenvalue weighted by molar-refractivity contribution is 5.82. The van der Waals surface area contributed by atoms with Crippen molar-refractivity contribution in [3.63, 3.8) is 0 Å². The number of rotatable bonds is 5. The van der Waals surface area contributed by atoms with Crippen LogP contribution < -0.4 is 15.5 Å². The number of nitrogens with one attached hydrogen (secondary N) is 1. The van der Waals surface area contributed by atoms with Crippen LogP contribution in [-0.4, -0.2) is 74.3 Å². The first-order valence-electron chi connectivity index (χ1n) is 13.2. The number of hydrogen-bond acceptors (Lipinski definition) is 10. The maximum atomic E-state index is 13.1. The van der Waals surface area contributed by atoms with Crippen LogP contribution in [-0.2, 0) is 9.53 Å². The van der Waals surface area contributed by atoms with Gasteiger partial charge in [-0.05, 0) is 48.2 Å². The van der Waals surface area contributed by atoms with E-state index in [2.05, 4.69) is 17.2 Å². The van der Waals surface area contributed by atoms with Crippen molar-refractivity contribution in [1.29, 1.82) is 0 Å². The van der Waals surface area contributed by atoms with E-state index in [0.717, 1.165) is 0 Å². The molecule has 0 spiro atoms. The van der Waals surface area contributed by atoms with Crippen LogP contribution in [0.15, 0.2) is 57.9 Å².